The molecule has 14 heteroatoms. The third kappa shape index (κ3) is 4.30. The summed E-state index contributed by atoms with van der Waals surface area (Å²) in [5.74, 6) is -29.4. The molecule has 1 atom stereocenters. The molecule has 0 aromatic rings. The van der Waals surface area contributed by atoms with Gasteiger partial charge in [-0.15, -0.1) is 0 Å². The van der Waals surface area contributed by atoms with E-state index in [0.717, 1.165) is 29.0 Å². The van der Waals surface area contributed by atoms with Crippen molar-refractivity contribution in [3.8, 4) is 0 Å². The number of esters is 1. The van der Waals surface area contributed by atoms with E-state index in [-0.39, 0.29) is 17.8 Å². The molecule has 0 amide bonds. The van der Waals surface area contributed by atoms with Crippen LogP contribution in [0.3, 0.4) is 0 Å². The van der Waals surface area contributed by atoms with Gasteiger partial charge in [0, 0.05) is 6.42 Å². The molecule has 0 aromatic heterocycles. The molecule has 4 fully saturated rings. The quantitative estimate of drug-likeness (QED) is 0.114. The molecule has 0 heterocycles. The van der Waals surface area contributed by atoms with Gasteiger partial charge in [0.25, 0.3) is 0 Å². The summed E-state index contributed by atoms with van der Waals surface area (Å²) in [6, 6.07) is 0. The molecule has 2 nitrogen and oxygen atoms in total. The number of carbonyl (C=O) groups is 1. The summed E-state index contributed by atoms with van der Waals surface area (Å²) in [5, 5.41) is 0. The van der Waals surface area contributed by atoms with Crippen molar-refractivity contribution in [3.05, 3.63) is 0 Å². The van der Waals surface area contributed by atoms with Gasteiger partial charge < -0.3 is 4.74 Å². The van der Waals surface area contributed by atoms with Crippen LogP contribution >= 0.6 is 22.6 Å². The Labute approximate surface area is 214 Å². The van der Waals surface area contributed by atoms with Gasteiger partial charge >= 0.3 is 35.8 Å². The first-order valence-corrected chi connectivity index (χ1v) is 12.5. The van der Waals surface area contributed by atoms with E-state index >= 15 is 0 Å². The maximum absolute atomic E-state index is 14.4. The number of hydrogen-bond acceptors (Lipinski definition) is 2. The highest BCUT2D eigenvalue weighted by Crippen LogP contribution is 2.63. The third-order valence-corrected chi connectivity index (χ3v) is 8.99. The first-order valence-electron chi connectivity index (χ1n) is 11.4. The van der Waals surface area contributed by atoms with Gasteiger partial charge in [-0.25, -0.2) is 0 Å². The Kier molecular flexibility index (Phi) is 7.26. The van der Waals surface area contributed by atoms with Crippen LogP contribution in [0.25, 0.3) is 0 Å². The molecule has 0 aromatic carbocycles. The van der Waals surface area contributed by atoms with Gasteiger partial charge in [0.2, 0.25) is 0 Å². The molecule has 0 radical (unpaired) electrons. The molecule has 1 unspecified atom stereocenters. The zero-order chi connectivity index (χ0) is 27.9. The van der Waals surface area contributed by atoms with Crippen molar-refractivity contribution in [2.24, 2.45) is 29.6 Å². The topological polar surface area (TPSA) is 26.3 Å². The number of carbonyl (C=O) groups excluding carboxylic acids is 1. The lowest BCUT2D eigenvalue weighted by molar-refractivity contribution is -0.422. The Balaban J connectivity index is 1.87. The highest BCUT2D eigenvalue weighted by molar-refractivity contribution is 14.1. The lowest BCUT2D eigenvalue weighted by atomic mass is 9.47. The first-order chi connectivity index (χ1) is 15.9. The van der Waals surface area contributed by atoms with Crippen molar-refractivity contribution in [2.75, 3.05) is 0 Å². The zero-order valence-corrected chi connectivity index (χ0v) is 21.6. The highest BCUT2D eigenvalue weighted by atomic mass is 127. The minimum atomic E-state index is -7.50. The average Bonchev–Trinajstić information content (AvgIpc) is 2.67. The van der Waals surface area contributed by atoms with Gasteiger partial charge in [-0.2, -0.15) is 48.3 Å². The predicted octanol–water partition coefficient (Wildman–Crippen LogP) is 8.07. The second-order valence-corrected chi connectivity index (χ2v) is 13.4. The minimum absolute atomic E-state index is 0.123. The molecule has 4 bridgehead atoms. The second kappa shape index (κ2) is 8.72. The van der Waals surface area contributed by atoms with E-state index in [9.17, 15) is 53.1 Å². The maximum Gasteiger partial charge on any atom is 0.460 e. The lowest BCUT2D eigenvalue weighted by Gasteiger charge is -2.62. The van der Waals surface area contributed by atoms with E-state index in [2.05, 4.69) is 0 Å². The van der Waals surface area contributed by atoms with Crippen molar-refractivity contribution in [1.82, 2.24) is 0 Å². The molecule has 4 saturated carbocycles. The van der Waals surface area contributed by atoms with Gasteiger partial charge in [-0.3, -0.25) is 4.79 Å². The molecular formula is C22H26F11IO2. The van der Waals surface area contributed by atoms with Crippen LogP contribution in [-0.2, 0) is 9.53 Å². The molecule has 0 spiro atoms. The molecule has 36 heavy (non-hydrogen) atoms. The Bertz CT molecular complexity index is 839. The van der Waals surface area contributed by atoms with Crippen LogP contribution < -0.4 is 0 Å². The fraction of sp³-hybridized carbons (Fsp3) is 0.955. The zero-order valence-electron chi connectivity index (χ0n) is 19.5. The predicted molar refractivity (Wildman–Crippen MR) is 114 cm³/mol. The van der Waals surface area contributed by atoms with Crippen LogP contribution in [0, 0.1) is 29.6 Å². The van der Waals surface area contributed by atoms with Gasteiger partial charge in [-0.1, -0.05) is 36.4 Å². The second-order valence-electron chi connectivity index (χ2n) is 11.0. The summed E-state index contributed by atoms with van der Waals surface area (Å²) >= 11 is 0.973. The Hall–Kier alpha value is -0.570. The molecular weight excluding hydrogens is 632 g/mol. The summed E-state index contributed by atoms with van der Waals surface area (Å²) in [4.78, 5) is 13.1. The number of hydrogen-bond donors (Lipinski definition) is 0. The van der Waals surface area contributed by atoms with E-state index < -0.39 is 51.3 Å². The van der Waals surface area contributed by atoms with Crippen LogP contribution in [0.1, 0.15) is 59.3 Å². The van der Waals surface area contributed by atoms with Gasteiger partial charge in [0.15, 0.2) is 0 Å². The van der Waals surface area contributed by atoms with Crippen molar-refractivity contribution in [2.45, 2.75) is 98.2 Å². The molecule has 0 saturated heterocycles. The van der Waals surface area contributed by atoms with Crippen molar-refractivity contribution in [1.29, 1.82) is 0 Å². The van der Waals surface area contributed by atoms with Crippen LogP contribution in [0.15, 0.2) is 0 Å². The van der Waals surface area contributed by atoms with E-state index in [1.54, 1.807) is 13.8 Å². The lowest BCUT2D eigenvalue weighted by Crippen LogP contribution is -2.67. The SMILES string of the molecule is CC(C)C1(OC(=O)C(C)(I)CC(F)(F)C(F)(F)C(F)(F)C(F)(F)C(F)(F)F)C2CC3CC(C2)CC1C3. The standard InChI is InChI=1S/C22H26F11IO2/c1-10(2)18(13-5-11-4-12(7-13)8-14(18)6-11)36-15(35)16(3,34)9-17(23,24)19(25,26)20(27,28)21(29,30)22(31,32)33/h10-14H,4-9H2,1-3H3. The van der Waals surface area contributed by atoms with E-state index in [1.807, 2.05) is 0 Å². The Morgan fingerprint density at radius 3 is 1.58 bits per heavy atom. The molecule has 0 N–H and O–H groups in total. The fourth-order valence-corrected chi connectivity index (χ4v) is 7.21. The number of halogens is 12. The molecule has 4 rings (SSSR count). The number of alkyl halides is 12. The number of rotatable bonds is 8. The summed E-state index contributed by atoms with van der Waals surface area (Å²) in [6.45, 7) is 4.18. The summed E-state index contributed by atoms with van der Waals surface area (Å²) < 4.78 is 151. The summed E-state index contributed by atoms with van der Waals surface area (Å²) in [5.41, 5.74) is -1.11. The normalized spacial score (nSPS) is 33.1. The van der Waals surface area contributed by atoms with Crippen LogP contribution in [0.2, 0.25) is 0 Å². The summed E-state index contributed by atoms with van der Waals surface area (Å²) in [7, 11) is 0. The largest absolute Gasteiger partial charge is 0.460 e. The fourth-order valence-electron chi connectivity index (χ4n) is 6.62. The molecule has 210 valence electrons. The molecule has 4 aliphatic rings. The van der Waals surface area contributed by atoms with E-state index in [0.29, 0.717) is 44.4 Å². The summed E-state index contributed by atoms with van der Waals surface area (Å²) in [6.07, 6.45) is -5.81. The average molecular weight is 658 g/mol. The monoisotopic (exact) mass is 658 g/mol. The Morgan fingerprint density at radius 2 is 1.22 bits per heavy atom. The molecule has 0 aliphatic heterocycles. The smallest absolute Gasteiger partial charge is 0.457 e. The molecule has 4 aliphatic carbocycles. The number of ether oxygens (including phenoxy) is 1. The van der Waals surface area contributed by atoms with Crippen LogP contribution in [0.4, 0.5) is 48.3 Å². The highest BCUT2D eigenvalue weighted by Gasteiger charge is 2.87. The van der Waals surface area contributed by atoms with Crippen LogP contribution in [0.5, 0.6) is 0 Å². The van der Waals surface area contributed by atoms with Crippen molar-refractivity contribution >= 4 is 28.6 Å². The van der Waals surface area contributed by atoms with E-state index in [1.165, 1.54) is 0 Å². The van der Waals surface area contributed by atoms with Crippen molar-refractivity contribution < 1.29 is 57.8 Å². The van der Waals surface area contributed by atoms with Gasteiger partial charge in [0.1, 0.15) is 9.02 Å². The first kappa shape index (κ1) is 30.0. The van der Waals surface area contributed by atoms with Gasteiger partial charge in [0.05, 0.1) is 0 Å². The van der Waals surface area contributed by atoms with Crippen LogP contribution in [-0.4, -0.2) is 44.9 Å². The minimum Gasteiger partial charge on any atom is -0.457 e. The van der Waals surface area contributed by atoms with Crippen molar-refractivity contribution in [3.63, 3.8) is 0 Å². The maximum atomic E-state index is 14.4. The third-order valence-electron chi connectivity index (χ3n) is 8.17. The Morgan fingerprint density at radius 1 is 0.806 bits per heavy atom. The van der Waals surface area contributed by atoms with Gasteiger partial charge in [-0.05, 0) is 68.6 Å². The van der Waals surface area contributed by atoms with E-state index in [4.69, 9.17) is 4.74 Å².